The number of carbonyl (C=O) groups excluding carboxylic acids is 2. The van der Waals surface area contributed by atoms with Crippen LogP contribution in [0.25, 0.3) is 0 Å². The van der Waals surface area contributed by atoms with Gasteiger partial charge in [-0.25, -0.2) is 9.59 Å². The number of hydrogen-bond donors (Lipinski definition) is 0. The zero-order valence-corrected chi connectivity index (χ0v) is 18.3. The monoisotopic (exact) mass is 406 g/mol. The van der Waals surface area contributed by atoms with Crippen LogP contribution >= 0.6 is 0 Å². The second-order valence-corrected chi connectivity index (χ2v) is 7.12. The number of ether oxygens (including phenoxy) is 3. The highest BCUT2D eigenvalue weighted by molar-refractivity contribution is 5.87. The summed E-state index contributed by atoms with van der Waals surface area (Å²) in [6.45, 7) is 11.3. The van der Waals surface area contributed by atoms with Crippen molar-refractivity contribution >= 4 is 11.9 Å². The smallest absolute Gasteiger partial charge is 0.333 e. The lowest BCUT2D eigenvalue weighted by Crippen LogP contribution is -2.05. The summed E-state index contributed by atoms with van der Waals surface area (Å²) in [7, 11) is 0. The fourth-order valence-corrected chi connectivity index (χ4v) is 2.30. The Morgan fingerprint density at radius 2 is 1.03 bits per heavy atom. The minimum absolute atomic E-state index is 0.306. The maximum atomic E-state index is 11.2. The standard InChI is InChI=1S/C24H38O5/c1-21(2)23(25)28-19-15-11-7-5-9-13-17-27-18-14-10-6-8-12-16-20-29-24(26)22(3)4/h13-14,17-18H,1,3,5-12,15-16,19-20H2,2,4H3. The molecule has 0 aliphatic heterocycles. The van der Waals surface area contributed by atoms with Crippen molar-refractivity contribution in [2.24, 2.45) is 0 Å². The molecule has 29 heavy (non-hydrogen) atoms. The van der Waals surface area contributed by atoms with E-state index in [1.165, 1.54) is 0 Å². The van der Waals surface area contributed by atoms with Crippen molar-refractivity contribution in [2.45, 2.75) is 78.1 Å². The van der Waals surface area contributed by atoms with Crippen molar-refractivity contribution in [3.8, 4) is 0 Å². The lowest BCUT2D eigenvalue weighted by atomic mass is 10.1. The van der Waals surface area contributed by atoms with E-state index in [0.717, 1.165) is 64.2 Å². The summed E-state index contributed by atoms with van der Waals surface area (Å²) in [5.74, 6) is -0.612. The number of unbranched alkanes of at least 4 members (excludes halogenated alkanes) is 8. The van der Waals surface area contributed by atoms with Crippen molar-refractivity contribution < 1.29 is 23.8 Å². The van der Waals surface area contributed by atoms with E-state index in [0.29, 0.717) is 24.4 Å². The van der Waals surface area contributed by atoms with Gasteiger partial charge >= 0.3 is 11.9 Å². The molecular weight excluding hydrogens is 368 g/mol. The summed E-state index contributed by atoms with van der Waals surface area (Å²) in [6.07, 6.45) is 17.8. The summed E-state index contributed by atoms with van der Waals surface area (Å²) < 4.78 is 15.4. The van der Waals surface area contributed by atoms with Gasteiger partial charge in [0.2, 0.25) is 0 Å². The third-order valence-electron chi connectivity index (χ3n) is 4.04. The minimum Gasteiger partial charge on any atom is -0.473 e. The zero-order valence-electron chi connectivity index (χ0n) is 18.3. The molecule has 0 bridgehead atoms. The average Bonchev–Trinajstić information content (AvgIpc) is 2.69. The minimum atomic E-state index is -0.306. The largest absolute Gasteiger partial charge is 0.473 e. The molecule has 0 aromatic carbocycles. The Morgan fingerprint density at radius 1 is 0.655 bits per heavy atom. The molecule has 0 spiro atoms. The molecule has 0 aromatic heterocycles. The topological polar surface area (TPSA) is 61.8 Å². The molecule has 0 aliphatic rings. The predicted octanol–water partition coefficient (Wildman–Crippen LogP) is 6.17. The van der Waals surface area contributed by atoms with Gasteiger partial charge in [0.25, 0.3) is 0 Å². The molecule has 0 aromatic rings. The Labute approximate surface area is 176 Å². The summed E-state index contributed by atoms with van der Waals surface area (Å²) >= 11 is 0. The van der Waals surface area contributed by atoms with Crippen LogP contribution < -0.4 is 0 Å². The molecule has 0 unspecified atom stereocenters. The molecule has 0 radical (unpaired) electrons. The highest BCUT2D eigenvalue weighted by Gasteiger charge is 2.02. The molecular formula is C24H38O5. The summed E-state index contributed by atoms with van der Waals surface area (Å²) in [5, 5.41) is 0. The van der Waals surface area contributed by atoms with E-state index in [2.05, 4.69) is 13.2 Å². The van der Waals surface area contributed by atoms with Crippen LogP contribution in [0.5, 0.6) is 0 Å². The van der Waals surface area contributed by atoms with Crippen LogP contribution in [0.15, 0.2) is 49.0 Å². The van der Waals surface area contributed by atoms with Crippen molar-refractivity contribution in [2.75, 3.05) is 13.2 Å². The van der Waals surface area contributed by atoms with Crippen LogP contribution in [0.2, 0.25) is 0 Å². The van der Waals surface area contributed by atoms with E-state index in [-0.39, 0.29) is 11.9 Å². The van der Waals surface area contributed by atoms with Gasteiger partial charge in [0.15, 0.2) is 0 Å². The average molecular weight is 407 g/mol. The number of carbonyl (C=O) groups is 2. The molecule has 0 aliphatic carbocycles. The van der Waals surface area contributed by atoms with E-state index in [1.54, 1.807) is 26.4 Å². The molecule has 0 heterocycles. The van der Waals surface area contributed by atoms with Gasteiger partial charge in [-0.15, -0.1) is 0 Å². The molecule has 0 rings (SSSR count). The maximum Gasteiger partial charge on any atom is 0.333 e. The van der Waals surface area contributed by atoms with E-state index in [9.17, 15) is 9.59 Å². The van der Waals surface area contributed by atoms with Gasteiger partial charge in [0.1, 0.15) is 0 Å². The summed E-state index contributed by atoms with van der Waals surface area (Å²) in [4.78, 5) is 22.4. The van der Waals surface area contributed by atoms with E-state index in [4.69, 9.17) is 14.2 Å². The van der Waals surface area contributed by atoms with Gasteiger partial charge in [0.05, 0.1) is 25.7 Å². The van der Waals surface area contributed by atoms with Crippen LogP contribution in [-0.4, -0.2) is 25.2 Å². The molecule has 0 fully saturated rings. The lowest BCUT2D eigenvalue weighted by Gasteiger charge is -2.03. The van der Waals surface area contributed by atoms with Crippen molar-refractivity contribution in [3.63, 3.8) is 0 Å². The molecule has 0 saturated carbocycles. The number of allylic oxidation sites excluding steroid dienone is 2. The number of hydrogen-bond acceptors (Lipinski definition) is 5. The Hall–Kier alpha value is -2.30. The molecule has 0 N–H and O–H groups in total. The quantitative estimate of drug-likeness (QED) is 0.118. The number of esters is 2. The third-order valence-corrected chi connectivity index (χ3v) is 4.04. The first-order chi connectivity index (χ1) is 13.9. The van der Waals surface area contributed by atoms with Crippen LogP contribution in [0.4, 0.5) is 0 Å². The van der Waals surface area contributed by atoms with Gasteiger partial charge < -0.3 is 14.2 Å². The van der Waals surface area contributed by atoms with Gasteiger partial charge in [-0.05, 0) is 64.5 Å². The molecule has 164 valence electrons. The fourth-order valence-electron chi connectivity index (χ4n) is 2.30. The van der Waals surface area contributed by atoms with Gasteiger partial charge in [-0.3, -0.25) is 0 Å². The van der Waals surface area contributed by atoms with E-state index >= 15 is 0 Å². The van der Waals surface area contributed by atoms with Gasteiger partial charge in [0, 0.05) is 11.1 Å². The van der Waals surface area contributed by atoms with E-state index < -0.39 is 0 Å². The highest BCUT2D eigenvalue weighted by Crippen LogP contribution is 2.06. The second kappa shape index (κ2) is 19.0. The Bertz CT molecular complexity index is 497. The Balaban J connectivity index is 3.33. The molecule has 0 saturated heterocycles. The Morgan fingerprint density at radius 3 is 1.41 bits per heavy atom. The van der Waals surface area contributed by atoms with Crippen LogP contribution in [0, 0.1) is 0 Å². The first-order valence-corrected chi connectivity index (χ1v) is 10.6. The zero-order chi connectivity index (χ0) is 21.7. The van der Waals surface area contributed by atoms with E-state index in [1.807, 2.05) is 12.2 Å². The molecule has 0 amide bonds. The fraction of sp³-hybridized carbons (Fsp3) is 0.583. The first kappa shape index (κ1) is 26.7. The van der Waals surface area contributed by atoms with Crippen LogP contribution in [0.3, 0.4) is 0 Å². The Kier molecular flexibility index (Phi) is 17.5. The van der Waals surface area contributed by atoms with Crippen molar-refractivity contribution in [1.82, 2.24) is 0 Å². The van der Waals surface area contributed by atoms with Gasteiger partial charge in [-0.1, -0.05) is 38.8 Å². The van der Waals surface area contributed by atoms with Crippen molar-refractivity contribution in [3.05, 3.63) is 49.0 Å². The first-order valence-electron chi connectivity index (χ1n) is 10.6. The SMILES string of the molecule is C=C(C)C(=O)OCCCCCCC=COC=CCCCCCCOC(=O)C(=C)C. The highest BCUT2D eigenvalue weighted by atomic mass is 16.5. The summed E-state index contributed by atoms with van der Waals surface area (Å²) in [6, 6.07) is 0. The van der Waals surface area contributed by atoms with Crippen LogP contribution in [-0.2, 0) is 23.8 Å². The van der Waals surface area contributed by atoms with Crippen LogP contribution in [0.1, 0.15) is 78.1 Å². The normalized spacial score (nSPS) is 11.0. The third kappa shape index (κ3) is 18.8. The van der Waals surface area contributed by atoms with Crippen molar-refractivity contribution in [1.29, 1.82) is 0 Å². The molecule has 0 atom stereocenters. The number of rotatable bonds is 18. The van der Waals surface area contributed by atoms with Gasteiger partial charge in [-0.2, -0.15) is 0 Å². The molecule has 5 nitrogen and oxygen atoms in total. The lowest BCUT2D eigenvalue weighted by molar-refractivity contribution is -0.139. The molecule has 5 heteroatoms. The second-order valence-electron chi connectivity index (χ2n) is 7.12. The predicted molar refractivity (Wildman–Crippen MR) is 117 cm³/mol. The summed E-state index contributed by atoms with van der Waals surface area (Å²) in [5.41, 5.74) is 0.894. The maximum absolute atomic E-state index is 11.2.